The Morgan fingerprint density at radius 2 is 1.92 bits per heavy atom. The average Bonchev–Trinajstić information content (AvgIpc) is 2.62. The highest BCUT2D eigenvalue weighted by atomic mass is 16.6. The number of rotatable bonds is 4. The zero-order chi connectivity index (χ0) is 17.8. The largest absolute Gasteiger partial charge is 0.486 e. The number of hydrogen-bond donors (Lipinski definition) is 1. The first-order valence-corrected chi connectivity index (χ1v) is 7.55. The number of hydrogen-bond acceptors (Lipinski definition) is 6. The Bertz CT molecular complexity index is 874. The molecule has 1 aliphatic heterocycles. The van der Waals surface area contributed by atoms with Gasteiger partial charge in [-0.05, 0) is 18.2 Å². The normalized spacial score (nSPS) is 12.4. The van der Waals surface area contributed by atoms with E-state index in [1.807, 2.05) is 0 Å². The third-order valence-electron chi connectivity index (χ3n) is 3.54. The zero-order valence-electron chi connectivity index (χ0n) is 13.5. The highest BCUT2D eigenvalue weighted by Crippen LogP contribution is 2.32. The minimum atomic E-state index is -0.582. The van der Waals surface area contributed by atoms with Gasteiger partial charge in [0.15, 0.2) is 11.5 Å². The first kappa shape index (κ1) is 16.6. The number of carbonyl (C=O) groups is 2. The molecule has 2 aromatic rings. The fourth-order valence-corrected chi connectivity index (χ4v) is 2.37. The summed E-state index contributed by atoms with van der Waals surface area (Å²) >= 11 is 0. The number of methoxy groups -OCH3 is 1. The number of esters is 1. The lowest BCUT2D eigenvalue weighted by molar-refractivity contribution is -0.116. The number of aromatic nitrogens is 1. The van der Waals surface area contributed by atoms with Gasteiger partial charge in [-0.15, -0.1) is 0 Å². The van der Waals surface area contributed by atoms with Crippen LogP contribution >= 0.6 is 0 Å². The lowest BCUT2D eigenvalue weighted by atomic mass is 10.2. The minimum Gasteiger partial charge on any atom is -0.486 e. The van der Waals surface area contributed by atoms with Crippen LogP contribution in [-0.2, 0) is 16.1 Å². The van der Waals surface area contributed by atoms with Crippen LogP contribution in [-0.4, -0.2) is 36.8 Å². The monoisotopic (exact) mass is 344 g/mol. The van der Waals surface area contributed by atoms with Crippen LogP contribution in [0.3, 0.4) is 0 Å². The standard InChI is InChI=1S/C17H16N2O6/c1-23-17(22)11-2-5-16(21)19(9-11)10-15(20)18-12-3-4-13-14(8-12)25-7-6-24-13/h2-5,8-9H,6-7,10H2,1H3,(H,18,20). The Kier molecular flexibility index (Phi) is 4.69. The van der Waals surface area contributed by atoms with Gasteiger partial charge in [0.25, 0.3) is 5.56 Å². The molecule has 1 aromatic carbocycles. The summed E-state index contributed by atoms with van der Waals surface area (Å²) in [5.41, 5.74) is 0.311. The van der Waals surface area contributed by atoms with Crippen LogP contribution in [0.15, 0.2) is 41.3 Å². The number of pyridine rings is 1. The summed E-state index contributed by atoms with van der Waals surface area (Å²) in [7, 11) is 1.24. The molecule has 0 saturated heterocycles. The van der Waals surface area contributed by atoms with Crippen LogP contribution in [0.25, 0.3) is 0 Å². The number of benzene rings is 1. The van der Waals surface area contributed by atoms with Gasteiger partial charge in [-0.25, -0.2) is 4.79 Å². The molecule has 0 aliphatic carbocycles. The maximum atomic E-state index is 12.2. The summed E-state index contributed by atoms with van der Waals surface area (Å²) in [5, 5.41) is 2.68. The zero-order valence-corrected chi connectivity index (χ0v) is 13.5. The van der Waals surface area contributed by atoms with E-state index in [0.717, 1.165) is 4.57 Å². The maximum Gasteiger partial charge on any atom is 0.339 e. The molecule has 130 valence electrons. The highest BCUT2D eigenvalue weighted by molar-refractivity contribution is 5.91. The van der Waals surface area contributed by atoms with Gasteiger partial charge in [0, 0.05) is 24.0 Å². The van der Waals surface area contributed by atoms with Crippen molar-refractivity contribution in [2.75, 3.05) is 25.6 Å². The molecule has 8 nitrogen and oxygen atoms in total. The first-order valence-electron chi connectivity index (χ1n) is 7.55. The van der Waals surface area contributed by atoms with Crippen molar-refractivity contribution < 1.29 is 23.8 Å². The van der Waals surface area contributed by atoms with Gasteiger partial charge in [-0.2, -0.15) is 0 Å². The van der Waals surface area contributed by atoms with Crippen LogP contribution in [0.5, 0.6) is 11.5 Å². The molecule has 3 rings (SSSR count). The van der Waals surface area contributed by atoms with E-state index in [1.165, 1.54) is 25.4 Å². The molecule has 8 heteroatoms. The molecule has 0 unspecified atom stereocenters. The molecule has 25 heavy (non-hydrogen) atoms. The number of fused-ring (bicyclic) bond motifs is 1. The minimum absolute atomic E-state index is 0.189. The Hall–Kier alpha value is -3.29. The summed E-state index contributed by atoms with van der Waals surface area (Å²) in [6.07, 6.45) is 1.29. The van der Waals surface area contributed by atoms with E-state index >= 15 is 0 Å². The molecule has 0 atom stereocenters. The van der Waals surface area contributed by atoms with Gasteiger partial charge in [0.1, 0.15) is 19.8 Å². The molecular formula is C17H16N2O6. The molecule has 1 aliphatic rings. The van der Waals surface area contributed by atoms with Crippen LogP contribution in [0.4, 0.5) is 5.69 Å². The number of ether oxygens (including phenoxy) is 3. The molecule has 0 fully saturated rings. The Balaban J connectivity index is 1.72. The van der Waals surface area contributed by atoms with Crippen molar-refractivity contribution in [2.45, 2.75) is 6.54 Å². The Labute approximate surface area is 142 Å². The van der Waals surface area contributed by atoms with E-state index in [0.29, 0.717) is 30.4 Å². The van der Waals surface area contributed by atoms with Gasteiger partial charge in [-0.1, -0.05) is 0 Å². The molecule has 2 heterocycles. The Morgan fingerprint density at radius 1 is 1.16 bits per heavy atom. The smallest absolute Gasteiger partial charge is 0.339 e. The van der Waals surface area contributed by atoms with E-state index in [-0.39, 0.29) is 12.1 Å². The van der Waals surface area contributed by atoms with E-state index in [1.54, 1.807) is 18.2 Å². The highest BCUT2D eigenvalue weighted by Gasteiger charge is 2.14. The molecule has 1 aromatic heterocycles. The molecule has 0 saturated carbocycles. The summed E-state index contributed by atoms with van der Waals surface area (Å²) < 4.78 is 16.6. The number of nitrogens with zero attached hydrogens (tertiary/aromatic N) is 1. The van der Waals surface area contributed by atoms with E-state index in [9.17, 15) is 14.4 Å². The number of carbonyl (C=O) groups excluding carboxylic acids is 2. The fourth-order valence-electron chi connectivity index (χ4n) is 2.37. The fraction of sp³-hybridized carbons (Fsp3) is 0.235. The van der Waals surface area contributed by atoms with Crippen molar-refractivity contribution >= 4 is 17.6 Å². The quantitative estimate of drug-likeness (QED) is 0.833. The summed E-state index contributed by atoms with van der Waals surface area (Å²) in [5.74, 6) is 0.168. The molecule has 0 bridgehead atoms. The third-order valence-corrected chi connectivity index (χ3v) is 3.54. The predicted octanol–water partition coefficient (Wildman–Crippen LogP) is 1.04. The van der Waals surface area contributed by atoms with Crippen molar-refractivity contribution in [1.82, 2.24) is 4.57 Å². The van der Waals surface area contributed by atoms with Crippen LogP contribution in [0, 0.1) is 0 Å². The number of nitrogens with one attached hydrogen (secondary N) is 1. The van der Waals surface area contributed by atoms with Crippen LogP contribution in [0.1, 0.15) is 10.4 Å². The van der Waals surface area contributed by atoms with Gasteiger partial charge in [-0.3, -0.25) is 9.59 Å². The molecule has 0 spiro atoms. The van der Waals surface area contributed by atoms with Crippen LogP contribution < -0.4 is 20.3 Å². The summed E-state index contributed by atoms with van der Waals surface area (Å²) in [6.45, 7) is 0.691. The Morgan fingerprint density at radius 3 is 2.68 bits per heavy atom. The number of anilines is 1. The first-order chi connectivity index (χ1) is 12.1. The lowest BCUT2D eigenvalue weighted by Crippen LogP contribution is -2.27. The van der Waals surface area contributed by atoms with Gasteiger partial charge >= 0.3 is 5.97 Å². The molecule has 1 N–H and O–H groups in total. The second-order valence-electron chi connectivity index (χ2n) is 5.28. The van der Waals surface area contributed by atoms with Crippen molar-refractivity contribution in [2.24, 2.45) is 0 Å². The van der Waals surface area contributed by atoms with E-state index in [4.69, 9.17) is 9.47 Å². The van der Waals surface area contributed by atoms with Crippen molar-refractivity contribution in [1.29, 1.82) is 0 Å². The van der Waals surface area contributed by atoms with Gasteiger partial charge in [0.2, 0.25) is 5.91 Å². The third kappa shape index (κ3) is 3.79. The van der Waals surface area contributed by atoms with E-state index < -0.39 is 17.4 Å². The van der Waals surface area contributed by atoms with Gasteiger partial charge < -0.3 is 24.1 Å². The second-order valence-corrected chi connectivity index (χ2v) is 5.28. The van der Waals surface area contributed by atoms with Crippen molar-refractivity contribution in [3.63, 3.8) is 0 Å². The number of amides is 1. The average molecular weight is 344 g/mol. The predicted molar refractivity (Wildman–Crippen MR) is 88.1 cm³/mol. The second kappa shape index (κ2) is 7.08. The topological polar surface area (TPSA) is 95.9 Å². The summed E-state index contributed by atoms with van der Waals surface area (Å²) in [6, 6.07) is 7.60. The SMILES string of the molecule is COC(=O)c1ccc(=O)n(CC(=O)Nc2ccc3c(c2)OCCO3)c1. The van der Waals surface area contributed by atoms with Crippen LogP contribution in [0.2, 0.25) is 0 Å². The molecule has 0 radical (unpaired) electrons. The van der Waals surface area contributed by atoms with Gasteiger partial charge in [0.05, 0.1) is 12.7 Å². The maximum absolute atomic E-state index is 12.2. The molecule has 1 amide bonds. The van der Waals surface area contributed by atoms with Crippen molar-refractivity contribution in [3.05, 3.63) is 52.4 Å². The van der Waals surface area contributed by atoms with E-state index in [2.05, 4.69) is 10.1 Å². The van der Waals surface area contributed by atoms with Crippen molar-refractivity contribution in [3.8, 4) is 11.5 Å². The lowest BCUT2D eigenvalue weighted by Gasteiger charge is -2.19. The molecular weight excluding hydrogens is 328 g/mol. The summed E-state index contributed by atoms with van der Waals surface area (Å²) in [4.78, 5) is 35.6.